The lowest BCUT2D eigenvalue weighted by atomic mass is 10.0. The van der Waals surface area contributed by atoms with Crippen LogP contribution in [0.3, 0.4) is 0 Å². The minimum Gasteiger partial charge on any atom is -0.490 e. The molecule has 0 aromatic heterocycles. The molecule has 0 atom stereocenters. The number of anilines is 1. The van der Waals surface area contributed by atoms with Gasteiger partial charge in [0.1, 0.15) is 5.75 Å². The van der Waals surface area contributed by atoms with E-state index in [1.54, 1.807) is 12.1 Å². The molecular weight excluding hydrogens is 250 g/mol. The van der Waals surface area contributed by atoms with E-state index in [2.05, 4.69) is 18.6 Å². The summed E-state index contributed by atoms with van der Waals surface area (Å²) < 4.78 is 30.7. The van der Waals surface area contributed by atoms with Gasteiger partial charge in [0.15, 0.2) is 0 Å². The van der Waals surface area contributed by atoms with Crippen molar-refractivity contribution in [1.82, 2.24) is 0 Å². The van der Waals surface area contributed by atoms with E-state index in [-0.39, 0.29) is 0 Å². The van der Waals surface area contributed by atoms with Crippen LogP contribution in [0.4, 0.5) is 5.69 Å². The van der Waals surface area contributed by atoms with Crippen LogP contribution in [0, 0.1) is 0 Å². The van der Waals surface area contributed by atoms with Crippen molar-refractivity contribution < 1.29 is 13.2 Å². The zero-order valence-corrected chi connectivity index (χ0v) is 11.8. The molecule has 1 N–H and O–H groups in total. The predicted octanol–water partition coefficient (Wildman–Crippen LogP) is 2.72. The average molecular weight is 269 g/mol. The van der Waals surface area contributed by atoms with Gasteiger partial charge in [-0.2, -0.15) is 0 Å². The third kappa shape index (κ3) is 3.63. The van der Waals surface area contributed by atoms with Gasteiger partial charge in [-0.25, -0.2) is 8.42 Å². The molecule has 0 saturated heterocycles. The van der Waals surface area contributed by atoms with Gasteiger partial charge in [-0.05, 0) is 30.4 Å². The number of rotatable bonds is 5. The van der Waals surface area contributed by atoms with Gasteiger partial charge >= 0.3 is 0 Å². The summed E-state index contributed by atoms with van der Waals surface area (Å²) in [5.41, 5.74) is 1.67. The zero-order valence-electron chi connectivity index (χ0n) is 10.9. The summed E-state index contributed by atoms with van der Waals surface area (Å²) in [6.07, 6.45) is 3.61. The molecule has 5 heteroatoms. The Kier molecular flexibility index (Phi) is 3.52. The first kappa shape index (κ1) is 13.2. The Morgan fingerprint density at radius 3 is 2.50 bits per heavy atom. The highest BCUT2D eigenvalue weighted by atomic mass is 32.2. The van der Waals surface area contributed by atoms with Crippen molar-refractivity contribution in [3.05, 3.63) is 23.8 Å². The highest BCUT2D eigenvalue weighted by Gasteiger charge is 2.25. The number of hydrogen-bond donors (Lipinski definition) is 1. The molecule has 18 heavy (non-hydrogen) atoms. The largest absolute Gasteiger partial charge is 0.490 e. The van der Waals surface area contributed by atoms with E-state index < -0.39 is 10.0 Å². The highest BCUT2D eigenvalue weighted by molar-refractivity contribution is 7.92. The molecule has 2 rings (SSSR count). The maximum Gasteiger partial charge on any atom is 0.229 e. The smallest absolute Gasteiger partial charge is 0.229 e. The molecule has 0 spiro atoms. The summed E-state index contributed by atoms with van der Waals surface area (Å²) in [6.45, 7) is 4.19. The quantitative estimate of drug-likeness (QED) is 0.894. The molecule has 0 unspecified atom stereocenters. The molecule has 100 valence electrons. The third-order valence-electron chi connectivity index (χ3n) is 2.76. The van der Waals surface area contributed by atoms with E-state index in [1.165, 1.54) is 0 Å². The van der Waals surface area contributed by atoms with Gasteiger partial charge in [0, 0.05) is 6.07 Å². The lowest BCUT2D eigenvalue weighted by Gasteiger charge is -2.15. The predicted molar refractivity (Wildman–Crippen MR) is 72.6 cm³/mol. The van der Waals surface area contributed by atoms with Crippen LogP contribution in [0.5, 0.6) is 5.75 Å². The molecule has 0 amide bonds. The number of ether oxygens (including phenoxy) is 1. The first-order valence-corrected chi connectivity index (χ1v) is 8.02. The van der Waals surface area contributed by atoms with Crippen LogP contribution < -0.4 is 9.46 Å². The van der Waals surface area contributed by atoms with Crippen LogP contribution in [0.2, 0.25) is 0 Å². The molecule has 0 radical (unpaired) electrons. The Morgan fingerprint density at radius 2 is 2.00 bits per heavy atom. The van der Waals surface area contributed by atoms with Crippen LogP contribution in [0.15, 0.2) is 18.2 Å². The summed E-state index contributed by atoms with van der Waals surface area (Å²) in [4.78, 5) is 0. The maximum atomic E-state index is 11.2. The Morgan fingerprint density at radius 1 is 1.33 bits per heavy atom. The highest BCUT2D eigenvalue weighted by Crippen LogP contribution is 2.34. The van der Waals surface area contributed by atoms with E-state index in [4.69, 9.17) is 4.74 Å². The van der Waals surface area contributed by atoms with Gasteiger partial charge in [-0.15, -0.1) is 0 Å². The first-order chi connectivity index (χ1) is 8.35. The van der Waals surface area contributed by atoms with E-state index >= 15 is 0 Å². The van der Waals surface area contributed by atoms with Crippen LogP contribution >= 0.6 is 0 Å². The minimum atomic E-state index is -3.25. The number of hydrogen-bond acceptors (Lipinski definition) is 3. The van der Waals surface area contributed by atoms with Crippen molar-refractivity contribution in [1.29, 1.82) is 0 Å². The molecule has 0 bridgehead atoms. The summed E-state index contributed by atoms with van der Waals surface area (Å²) in [7, 11) is -3.25. The van der Waals surface area contributed by atoms with Gasteiger partial charge in [0.2, 0.25) is 10.0 Å². The zero-order chi connectivity index (χ0) is 13.3. The molecular formula is C13H19NO3S. The van der Waals surface area contributed by atoms with Crippen molar-refractivity contribution in [2.75, 3.05) is 11.0 Å². The fourth-order valence-electron chi connectivity index (χ4n) is 1.76. The molecule has 0 heterocycles. The number of sulfonamides is 1. The second kappa shape index (κ2) is 4.80. The van der Waals surface area contributed by atoms with Crippen LogP contribution in [-0.4, -0.2) is 20.8 Å². The lowest BCUT2D eigenvalue weighted by Crippen LogP contribution is -2.10. The molecule has 1 saturated carbocycles. The molecule has 4 nitrogen and oxygen atoms in total. The summed E-state index contributed by atoms with van der Waals surface area (Å²) in [5, 5.41) is 0. The molecule has 1 aromatic carbocycles. The SMILES string of the molecule is CC(C)c1ccc(NS(C)(=O)=O)cc1OC1CC1. The average Bonchev–Trinajstić information content (AvgIpc) is 2.98. The molecule has 1 aromatic rings. The lowest BCUT2D eigenvalue weighted by molar-refractivity contribution is 0.299. The van der Waals surface area contributed by atoms with Crippen molar-refractivity contribution in [2.24, 2.45) is 0 Å². The van der Waals surface area contributed by atoms with Gasteiger partial charge < -0.3 is 4.74 Å². The van der Waals surface area contributed by atoms with Gasteiger partial charge in [-0.3, -0.25) is 4.72 Å². The summed E-state index contributed by atoms with van der Waals surface area (Å²) >= 11 is 0. The Bertz CT molecular complexity index is 533. The monoisotopic (exact) mass is 269 g/mol. The van der Waals surface area contributed by atoms with Crippen molar-refractivity contribution in [2.45, 2.75) is 38.7 Å². The van der Waals surface area contributed by atoms with E-state index in [9.17, 15) is 8.42 Å². The number of nitrogens with one attached hydrogen (secondary N) is 1. The van der Waals surface area contributed by atoms with Crippen molar-refractivity contribution in [3.63, 3.8) is 0 Å². The Labute approximate surface area is 108 Å². The normalized spacial score (nSPS) is 15.8. The fraction of sp³-hybridized carbons (Fsp3) is 0.538. The Balaban J connectivity index is 2.28. The van der Waals surface area contributed by atoms with Gasteiger partial charge in [-0.1, -0.05) is 19.9 Å². The second-order valence-corrected chi connectivity index (χ2v) is 6.85. The summed E-state index contributed by atoms with van der Waals surface area (Å²) in [6, 6.07) is 5.47. The Hall–Kier alpha value is -1.23. The summed E-state index contributed by atoms with van der Waals surface area (Å²) in [5.74, 6) is 1.15. The van der Waals surface area contributed by atoms with Crippen LogP contribution in [0.1, 0.15) is 38.2 Å². The van der Waals surface area contributed by atoms with Crippen LogP contribution in [-0.2, 0) is 10.0 Å². The van der Waals surface area contributed by atoms with E-state index in [0.717, 1.165) is 30.4 Å². The van der Waals surface area contributed by atoms with E-state index in [1.807, 2.05) is 6.07 Å². The second-order valence-electron chi connectivity index (χ2n) is 5.10. The molecule has 1 aliphatic carbocycles. The molecule has 1 aliphatic rings. The molecule has 0 aliphatic heterocycles. The number of benzene rings is 1. The fourth-order valence-corrected chi connectivity index (χ4v) is 2.31. The van der Waals surface area contributed by atoms with Crippen LogP contribution in [0.25, 0.3) is 0 Å². The first-order valence-electron chi connectivity index (χ1n) is 6.13. The van der Waals surface area contributed by atoms with Gasteiger partial charge in [0.05, 0.1) is 18.0 Å². The van der Waals surface area contributed by atoms with Gasteiger partial charge in [0.25, 0.3) is 0 Å². The topological polar surface area (TPSA) is 55.4 Å². The van der Waals surface area contributed by atoms with E-state index in [0.29, 0.717) is 17.7 Å². The molecule has 1 fully saturated rings. The van der Waals surface area contributed by atoms with Crippen molar-refractivity contribution >= 4 is 15.7 Å². The maximum absolute atomic E-state index is 11.2. The standard InChI is InChI=1S/C13H19NO3S/c1-9(2)12-7-4-10(14-18(3,15)16)8-13(12)17-11-5-6-11/h4,7-9,11,14H,5-6H2,1-3H3. The minimum absolute atomic E-state index is 0.302. The third-order valence-corrected chi connectivity index (χ3v) is 3.36. The van der Waals surface area contributed by atoms with Crippen molar-refractivity contribution in [3.8, 4) is 5.75 Å².